The number of carbonyl (C=O) groups is 1. The first-order valence-electron chi connectivity index (χ1n) is 6.49. The Morgan fingerprint density at radius 2 is 2.16 bits per heavy atom. The number of amides is 1. The van der Waals surface area contributed by atoms with E-state index in [4.69, 9.17) is 11.6 Å². The second kappa shape index (κ2) is 6.73. The Morgan fingerprint density at radius 3 is 2.74 bits per heavy atom. The molecular weight excluding hydrogens is 328 g/mol. The molecule has 1 aliphatic rings. The van der Waals surface area contributed by atoms with Crippen molar-refractivity contribution in [1.82, 2.24) is 10.2 Å². The van der Waals surface area contributed by atoms with E-state index in [2.05, 4.69) is 27.3 Å². The van der Waals surface area contributed by atoms with E-state index in [1.165, 1.54) is 5.56 Å². The van der Waals surface area contributed by atoms with Gasteiger partial charge in [0.2, 0.25) is 5.91 Å². The molecule has 0 bridgehead atoms. The number of hydrogen-bond acceptors (Lipinski definition) is 2. The molecule has 0 aliphatic carbocycles. The monoisotopic (exact) mass is 344 g/mol. The zero-order valence-electron chi connectivity index (χ0n) is 11.0. The summed E-state index contributed by atoms with van der Waals surface area (Å²) in [6, 6.07) is 6.49. The second-order valence-electron chi connectivity index (χ2n) is 4.91. The van der Waals surface area contributed by atoms with Gasteiger partial charge in [0.1, 0.15) is 0 Å². The van der Waals surface area contributed by atoms with E-state index < -0.39 is 0 Å². The molecule has 1 aliphatic heterocycles. The van der Waals surface area contributed by atoms with Crippen LogP contribution in [0.15, 0.2) is 22.7 Å². The summed E-state index contributed by atoms with van der Waals surface area (Å²) in [6.45, 7) is 4.16. The molecule has 0 saturated carbocycles. The van der Waals surface area contributed by atoms with Crippen molar-refractivity contribution in [2.45, 2.75) is 32.4 Å². The minimum absolute atomic E-state index is 0.179. The molecule has 1 fully saturated rings. The highest BCUT2D eigenvalue weighted by Gasteiger charge is 2.19. The van der Waals surface area contributed by atoms with Crippen molar-refractivity contribution in [1.29, 1.82) is 0 Å². The number of likely N-dealkylation sites (tertiary alicyclic amines) is 1. The molecule has 0 atom stereocenters. The number of carbonyl (C=O) groups excluding carboxylic acids is 1. The van der Waals surface area contributed by atoms with E-state index in [1.807, 2.05) is 17.0 Å². The van der Waals surface area contributed by atoms with Crippen LogP contribution in [-0.4, -0.2) is 29.9 Å². The normalized spacial score (nSPS) is 16.7. The molecule has 1 saturated heterocycles. The van der Waals surface area contributed by atoms with E-state index in [9.17, 15) is 4.79 Å². The Morgan fingerprint density at radius 1 is 1.47 bits per heavy atom. The van der Waals surface area contributed by atoms with Crippen LogP contribution in [0.2, 0.25) is 5.02 Å². The van der Waals surface area contributed by atoms with Crippen LogP contribution in [0.4, 0.5) is 0 Å². The summed E-state index contributed by atoms with van der Waals surface area (Å²) in [7, 11) is 0. The fourth-order valence-corrected chi connectivity index (χ4v) is 2.76. The average molecular weight is 346 g/mol. The molecule has 1 aromatic rings. The lowest BCUT2D eigenvalue weighted by molar-refractivity contribution is -0.129. The molecule has 1 aromatic carbocycles. The van der Waals surface area contributed by atoms with E-state index in [0.29, 0.717) is 6.04 Å². The van der Waals surface area contributed by atoms with Crippen molar-refractivity contribution in [3.05, 3.63) is 33.3 Å². The number of nitrogens with zero attached hydrogens (tertiary/aromatic N) is 1. The maximum absolute atomic E-state index is 11.2. The summed E-state index contributed by atoms with van der Waals surface area (Å²) in [5, 5.41) is 4.27. The van der Waals surface area contributed by atoms with Crippen molar-refractivity contribution >= 4 is 33.4 Å². The van der Waals surface area contributed by atoms with Crippen molar-refractivity contribution < 1.29 is 4.79 Å². The molecular formula is C14H18BrClN2O. The Hall–Kier alpha value is -0.580. The fraction of sp³-hybridized carbons (Fsp3) is 0.500. The minimum atomic E-state index is 0.179. The van der Waals surface area contributed by atoms with Gasteiger partial charge < -0.3 is 10.2 Å². The number of hydrogen-bond donors (Lipinski definition) is 1. The van der Waals surface area contributed by atoms with E-state index >= 15 is 0 Å². The van der Waals surface area contributed by atoms with Gasteiger partial charge in [-0.1, -0.05) is 17.7 Å². The Balaban J connectivity index is 1.80. The number of nitrogens with one attached hydrogen (secondary N) is 1. The van der Waals surface area contributed by atoms with E-state index in [0.717, 1.165) is 42.0 Å². The summed E-state index contributed by atoms with van der Waals surface area (Å²) < 4.78 is 0.924. The summed E-state index contributed by atoms with van der Waals surface area (Å²) in [5.74, 6) is 0.179. The van der Waals surface area contributed by atoms with Crippen LogP contribution in [0, 0.1) is 0 Å². The SMILES string of the molecule is CC(=O)N1CCC(NCc2ccc(Br)c(Cl)c2)CC1. The van der Waals surface area contributed by atoms with Gasteiger partial charge in [0, 0.05) is 37.1 Å². The molecule has 0 unspecified atom stereocenters. The third-order valence-electron chi connectivity index (χ3n) is 3.52. The topological polar surface area (TPSA) is 32.3 Å². The van der Waals surface area contributed by atoms with Crippen molar-refractivity contribution in [2.75, 3.05) is 13.1 Å². The van der Waals surface area contributed by atoms with Gasteiger partial charge >= 0.3 is 0 Å². The van der Waals surface area contributed by atoms with Gasteiger partial charge in [0.05, 0.1) is 5.02 Å². The summed E-state index contributed by atoms with van der Waals surface area (Å²) >= 11 is 9.46. The highest BCUT2D eigenvalue weighted by Crippen LogP contribution is 2.23. The Kier molecular flexibility index (Phi) is 5.25. The highest BCUT2D eigenvalue weighted by molar-refractivity contribution is 9.10. The molecule has 0 spiro atoms. The fourth-order valence-electron chi connectivity index (χ4n) is 2.31. The molecule has 104 valence electrons. The maximum atomic E-state index is 11.2. The van der Waals surface area contributed by atoms with Crippen LogP contribution in [0.1, 0.15) is 25.3 Å². The van der Waals surface area contributed by atoms with E-state index in [1.54, 1.807) is 6.92 Å². The molecule has 19 heavy (non-hydrogen) atoms. The lowest BCUT2D eigenvalue weighted by Crippen LogP contribution is -2.43. The predicted molar refractivity (Wildman–Crippen MR) is 81.3 cm³/mol. The van der Waals surface area contributed by atoms with Crippen molar-refractivity contribution in [2.24, 2.45) is 0 Å². The molecule has 5 heteroatoms. The molecule has 0 aromatic heterocycles. The molecule has 1 N–H and O–H groups in total. The van der Waals surface area contributed by atoms with Gasteiger partial charge in [-0.3, -0.25) is 4.79 Å². The quantitative estimate of drug-likeness (QED) is 0.912. The second-order valence-corrected chi connectivity index (χ2v) is 6.17. The molecule has 2 rings (SSSR count). The molecule has 0 radical (unpaired) electrons. The zero-order valence-corrected chi connectivity index (χ0v) is 13.3. The van der Waals surface area contributed by atoms with E-state index in [-0.39, 0.29) is 5.91 Å². The molecule has 3 nitrogen and oxygen atoms in total. The van der Waals surface area contributed by atoms with Crippen molar-refractivity contribution in [3.8, 4) is 0 Å². The first-order valence-corrected chi connectivity index (χ1v) is 7.66. The van der Waals surface area contributed by atoms with Gasteiger partial charge in [-0.2, -0.15) is 0 Å². The van der Waals surface area contributed by atoms with Gasteiger partial charge in [-0.25, -0.2) is 0 Å². The first kappa shape index (κ1) is 14.8. The minimum Gasteiger partial charge on any atom is -0.343 e. The van der Waals surface area contributed by atoms with Crippen LogP contribution in [0.5, 0.6) is 0 Å². The third-order valence-corrected chi connectivity index (χ3v) is 4.75. The number of rotatable bonds is 3. The summed E-state index contributed by atoms with van der Waals surface area (Å²) in [6.07, 6.45) is 2.04. The Bertz CT molecular complexity index is 459. The van der Waals surface area contributed by atoms with Crippen LogP contribution in [0.25, 0.3) is 0 Å². The van der Waals surface area contributed by atoms with Gasteiger partial charge in [0.25, 0.3) is 0 Å². The maximum Gasteiger partial charge on any atom is 0.219 e. The summed E-state index contributed by atoms with van der Waals surface area (Å²) in [4.78, 5) is 13.2. The zero-order chi connectivity index (χ0) is 13.8. The lowest BCUT2D eigenvalue weighted by atomic mass is 10.0. The van der Waals surface area contributed by atoms with Crippen LogP contribution in [-0.2, 0) is 11.3 Å². The summed E-state index contributed by atoms with van der Waals surface area (Å²) in [5.41, 5.74) is 1.18. The molecule has 1 amide bonds. The third kappa shape index (κ3) is 4.20. The predicted octanol–water partition coefficient (Wildman–Crippen LogP) is 3.20. The van der Waals surface area contributed by atoms with Crippen molar-refractivity contribution in [3.63, 3.8) is 0 Å². The molecule has 1 heterocycles. The first-order chi connectivity index (χ1) is 9.06. The Labute approximate surface area is 127 Å². The smallest absolute Gasteiger partial charge is 0.219 e. The van der Waals surface area contributed by atoms with Gasteiger partial charge in [0.15, 0.2) is 0 Å². The lowest BCUT2D eigenvalue weighted by Gasteiger charge is -2.31. The highest BCUT2D eigenvalue weighted by atomic mass is 79.9. The largest absolute Gasteiger partial charge is 0.343 e. The average Bonchev–Trinajstić information content (AvgIpc) is 2.40. The van der Waals surface area contributed by atoms with Crippen LogP contribution in [0.3, 0.4) is 0 Å². The van der Waals surface area contributed by atoms with Crippen LogP contribution < -0.4 is 5.32 Å². The van der Waals surface area contributed by atoms with Crippen LogP contribution >= 0.6 is 27.5 Å². The number of benzene rings is 1. The number of piperidine rings is 1. The van der Waals surface area contributed by atoms with Gasteiger partial charge in [-0.05, 0) is 46.5 Å². The standard InChI is InChI=1S/C14H18BrClN2O/c1-10(19)18-6-4-12(5-7-18)17-9-11-2-3-13(15)14(16)8-11/h2-3,8,12,17H,4-7,9H2,1H3. The number of halogens is 2. The van der Waals surface area contributed by atoms with Gasteiger partial charge in [-0.15, -0.1) is 0 Å².